The zero-order chi connectivity index (χ0) is 15.5. The summed E-state index contributed by atoms with van der Waals surface area (Å²) in [6, 6.07) is 5.35. The van der Waals surface area contributed by atoms with E-state index >= 15 is 0 Å². The van der Waals surface area contributed by atoms with Gasteiger partial charge < -0.3 is 5.32 Å². The van der Waals surface area contributed by atoms with Gasteiger partial charge in [-0.05, 0) is 36.3 Å². The van der Waals surface area contributed by atoms with E-state index in [9.17, 15) is 9.59 Å². The Morgan fingerprint density at radius 3 is 2.91 bits per heavy atom. The quantitative estimate of drug-likeness (QED) is 0.810. The molecule has 0 saturated heterocycles. The molecule has 1 aromatic carbocycles. The van der Waals surface area contributed by atoms with Crippen LogP contribution in [0.15, 0.2) is 54.3 Å². The second-order valence-electron chi connectivity index (χ2n) is 5.11. The molecule has 1 aromatic rings. The van der Waals surface area contributed by atoms with Gasteiger partial charge in [0.2, 0.25) is 11.8 Å². The predicted octanol–water partition coefficient (Wildman–Crippen LogP) is 3.09. The number of nitrogens with one attached hydrogen (secondary N) is 1. The lowest BCUT2D eigenvalue weighted by atomic mass is 10.1. The fourth-order valence-electron chi connectivity index (χ4n) is 2.50. The summed E-state index contributed by atoms with van der Waals surface area (Å²) in [5, 5.41) is 3.30. The van der Waals surface area contributed by atoms with Crippen molar-refractivity contribution in [2.75, 3.05) is 4.90 Å². The second-order valence-corrected chi connectivity index (χ2v) is 5.55. The number of rotatable bonds is 1. The third-order valence-electron chi connectivity index (χ3n) is 3.55. The molecular weight excluding hydrogens is 300 g/mol. The third-order valence-corrected chi connectivity index (χ3v) is 3.78. The van der Waals surface area contributed by atoms with Crippen LogP contribution in [0.1, 0.15) is 18.4 Å². The van der Waals surface area contributed by atoms with Gasteiger partial charge in [-0.1, -0.05) is 35.9 Å². The summed E-state index contributed by atoms with van der Waals surface area (Å²) in [4.78, 5) is 25.9. The lowest BCUT2D eigenvalue weighted by molar-refractivity contribution is -0.128. The van der Waals surface area contributed by atoms with Crippen molar-refractivity contribution in [3.05, 3.63) is 64.9 Å². The third kappa shape index (κ3) is 2.97. The highest BCUT2D eigenvalue weighted by molar-refractivity contribution is 6.31. The number of nitrogens with zero attached hydrogens (tertiary/aromatic N) is 1. The van der Waals surface area contributed by atoms with Crippen LogP contribution in [0.4, 0.5) is 5.69 Å². The van der Waals surface area contributed by atoms with Crippen molar-refractivity contribution in [2.45, 2.75) is 19.4 Å². The van der Waals surface area contributed by atoms with E-state index in [1.165, 1.54) is 0 Å². The Morgan fingerprint density at radius 2 is 2.05 bits per heavy atom. The van der Waals surface area contributed by atoms with Crippen LogP contribution in [0, 0.1) is 0 Å². The average molecular weight is 315 g/mol. The minimum atomic E-state index is -0.274. The van der Waals surface area contributed by atoms with Gasteiger partial charge in [-0.15, -0.1) is 0 Å². The van der Waals surface area contributed by atoms with Gasteiger partial charge in [0, 0.05) is 17.3 Å². The Kier molecular flexibility index (Phi) is 4.11. The zero-order valence-corrected chi connectivity index (χ0v) is 12.6. The first-order valence-electron chi connectivity index (χ1n) is 7.06. The lowest BCUT2D eigenvalue weighted by Crippen LogP contribution is -2.38. The second kappa shape index (κ2) is 6.20. The van der Waals surface area contributed by atoms with Crippen LogP contribution in [-0.2, 0) is 16.1 Å². The molecule has 22 heavy (non-hydrogen) atoms. The van der Waals surface area contributed by atoms with Gasteiger partial charge in [0.1, 0.15) is 6.42 Å². The van der Waals surface area contributed by atoms with Crippen molar-refractivity contribution >= 4 is 29.1 Å². The van der Waals surface area contributed by atoms with Crippen molar-refractivity contribution in [1.29, 1.82) is 0 Å². The Balaban J connectivity index is 2.14. The maximum Gasteiger partial charge on any atom is 0.240 e. The van der Waals surface area contributed by atoms with Crippen molar-refractivity contribution in [3.63, 3.8) is 0 Å². The molecule has 0 saturated carbocycles. The maximum absolute atomic E-state index is 12.6. The molecule has 1 N–H and O–H groups in total. The Bertz CT molecular complexity index is 719. The highest BCUT2D eigenvalue weighted by atomic mass is 35.5. The number of hydrogen-bond donors (Lipinski definition) is 1. The molecule has 1 aliphatic heterocycles. The topological polar surface area (TPSA) is 49.4 Å². The molecule has 0 unspecified atom stereocenters. The number of halogens is 1. The highest BCUT2D eigenvalue weighted by Crippen LogP contribution is 2.30. The van der Waals surface area contributed by atoms with E-state index in [-0.39, 0.29) is 18.2 Å². The largest absolute Gasteiger partial charge is 0.351 e. The van der Waals surface area contributed by atoms with Crippen molar-refractivity contribution in [3.8, 4) is 0 Å². The number of fused-ring (bicyclic) bond motifs is 1. The van der Waals surface area contributed by atoms with Crippen molar-refractivity contribution in [1.82, 2.24) is 5.32 Å². The van der Waals surface area contributed by atoms with Gasteiger partial charge in [-0.2, -0.15) is 0 Å². The molecule has 0 atom stereocenters. The molecule has 0 bridgehead atoms. The van der Waals surface area contributed by atoms with Gasteiger partial charge in [0.25, 0.3) is 0 Å². The van der Waals surface area contributed by atoms with E-state index in [1.807, 2.05) is 36.4 Å². The van der Waals surface area contributed by atoms with Crippen LogP contribution < -0.4 is 10.2 Å². The summed E-state index contributed by atoms with van der Waals surface area (Å²) in [5.41, 5.74) is 2.30. The van der Waals surface area contributed by atoms with Crippen LogP contribution in [-0.4, -0.2) is 11.8 Å². The summed E-state index contributed by atoms with van der Waals surface area (Å²) >= 11 is 6.11. The molecule has 1 heterocycles. The normalized spacial score (nSPS) is 18.0. The molecule has 112 valence electrons. The van der Waals surface area contributed by atoms with Crippen LogP contribution in [0.3, 0.4) is 0 Å². The van der Waals surface area contributed by atoms with Gasteiger partial charge in [0.15, 0.2) is 0 Å². The van der Waals surface area contributed by atoms with Crippen molar-refractivity contribution < 1.29 is 9.59 Å². The fourth-order valence-corrected chi connectivity index (χ4v) is 2.67. The summed E-state index contributed by atoms with van der Waals surface area (Å²) in [6.07, 6.45) is 10.3. The molecule has 0 spiro atoms. The van der Waals surface area contributed by atoms with E-state index in [0.717, 1.165) is 17.7 Å². The molecule has 0 fully saturated rings. The number of amides is 2. The minimum absolute atomic E-state index is 0.180. The summed E-state index contributed by atoms with van der Waals surface area (Å²) < 4.78 is 0. The van der Waals surface area contributed by atoms with Gasteiger partial charge in [-0.25, -0.2) is 0 Å². The highest BCUT2D eigenvalue weighted by Gasteiger charge is 2.26. The van der Waals surface area contributed by atoms with Crippen LogP contribution >= 0.6 is 11.6 Å². The van der Waals surface area contributed by atoms with Crippen LogP contribution in [0.2, 0.25) is 5.02 Å². The summed E-state index contributed by atoms with van der Waals surface area (Å²) in [7, 11) is 0. The number of hydrogen-bond acceptors (Lipinski definition) is 2. The molecule has 2 aliphatic rings. The van der Waals surface area contributed by atoms with Crippen LogP contribution in [0.25, 0.3) is 0 Å². The molecule has 4 nitrogen and oxygen atoms in total. The smallest absolute Gasteiger partial charge is 0.240 e. The number of benzene rings is 1. The fraction of sp³-hybridized carbons (Fsp3) is 0.176. The number of anilines is 1. The first kappa shape index (κ1) is 14.6. The zero-order valence-electron chi connectivity index (χ0n) is 11.9. The van der Waals surface area contributed by atoms with E-state index in [4.69, 9.17) is 11.6 Å². The predicted molar refractivity (Wildman–Crippen MR) is 86.4 cm³/mol. The molecule has 5 heteroatoms. The number of carbonyl (C=O) groups excluding carboxylic acids is 2. The van der Waals surface area contributed by atoms with E-state index in [2.05, 4.69) is 5.32 Å². The first-order chi connectivity index (χ1) is 10.6. The molecule has 1 aliphatic carbocycles. The van der Waals surface area contributed by atoms with Gasteiger partial charge >= 0.3 is 0 Å². The molecule has 3 rings (SSSR count). The molecular formula is C17H15ClN2O2. The van der Waals surface area contributed by atoms with E-state index in [0.29, 0.717) is 17.3 Å². The average Bonchev–Trinajstić information content (AvgIpc) is 2.74. The Labute approximate surface area is 133 Å². The monoisotopic (exact) mass is 314 g/mol. The Morgan fingerprint density at radius 1 is 1.18 bits per heavy atom. The first-order valence-corrected chi connectivity index (χ1v) is 7.44. The number of carbonyl (C=O) groups is 2. The van der Waals surface area contributed by atoms with E-state index < -0.39 is 0 Å². The molecule has 0 aromatic heterocycles. The molecule has 2 amide bonds. The van der Waals surface area contributed by atoms with Gasteiger partial charge in [-0.3, -0.25) is 14.5 Å². The van der Waals surface area contributed by atoms with Crippen molar-refractivity contribution in [2.24, 2.45) is 0 Å². The van der Waals surface area contributed by atoms with E-state index in [1.54, 1.807) is 17.0 Å². The lowest BCUT2D eigenvalue weighted by Gasteiger charge is -2.28. The number of allylic oxidation sites excluding steroid dienone is 5. The molecule has 0 radical (unpaired) electrons. The minimum Gasteiger partial charge on any atom is -0.351 e. The summed E-state index contributed by atoms with van der Waals surface area (Å²) in [5.74, 6) is -0.545. The SMILES string of the molecule is O=C1CC(=O)N(C2=CC=CCC=C2)c2cc(Cl)ccc2CN1. The standard InChI is InChI=1S/C17H15ClN2O2/c18-13-8-7-12-11-19-16(21)10-17(22)20(15(12)9-13)14-5-3-1-2-4-6-14/h1,3-9H,2,10-11H2,(H,19,21). The maximum atomic E-state index is 12.6. The Hall–Kier alpha value is -2.33. The van der Waals surface area contributed by atoms with Crippen LogP contribution in [0.5, 0.6) is 0 Å². The van der Waals surface area contributed by atoms with Gasteiger partial charge in [0.05, 0.1) is 5.69 Å². The summed E-state index contributed by atoms with van der Waals surface area (Å²) in [6.45, 7) is 0.377.